The summed E-state index contributed by atoms with van der Waals surface area (Å²) in [5.74, 6) is 1.23. The summed E-state index contributed by atoms with van der Waals surface area (Å²) in [4.78, 5) is 12.2. The van der Waals surface area contributed by atoms with Crippen molar-refractivity contribution in [2.24, 2.45) is 0 Å². The van der Waals surface area contributed by atoms with Crippen LogP contribution in [0.5, 0.6) is 17.2 Å². The summed E-state index contributed by atoms with van der Waals surface area (Å²) in [6.45, 7) is 3.63. The Balaban J connectivity index is 2.07. The number of rotatable bonds is 7. The monoisotopic (exact) mass is 375 g/mol. The highest BCUT2D eigenvalue weighted by molar-refractivity contribution is 6.31. The molecular formula is C20H22ClNO4. The van der Waals surface area contributed by atoms with Gasteiger partial charge in [-0.3, -0.25) is 4.79 Å². The van der Waals surface area contributed by atoms with Gasteiger partial charge in [-0.2, -0.15) is 0 Å². The van der Waals surface area contributed by atoms with Gasteiger partial charge in [0.1, 0.15) is 5.75 Å². The molecule has 0 aromatic heterocycles. The van der Waals surface area contributed by atoms with Crippen LogP contribution in [0.15, 0.2) is 36.4 Å². The van der Waals surface area contributed by atoms with Gasteiger partial charge in [-0.05, 0) is 43.2 Å². The number of methoxy groups -OCH3 is 2. The number of carbonyl (C=O) groups is 1. The van der Waals surface area contributed by atoms with Crippen LogP contribution in [-0.2, 0) is 4.79 Å². The minimum Gasteiger partial charge on any atom is -0.495 e. The normalized spacial score (nSPS) is 10.7. The molecule has 0 atom stereocenters. The third kappa shape index (κ3) is 4.92. The minimum atomic E-state index is -0.315. The van der Waals surface area contributed by atoms with Gasteiger partial charge < -0.3 is 19.5 Å². The van der Waals surface area contributed by atoms with E-state index in [0.29, 0.717) is 28.0 Å². The molecule has 2 aromatic carbocycles. The number of halogens is 1. The lowest BCUT2D eigenvalue weighted by Gasteiger charge is -2.14. The summed E-state index contributed by atoms with van der Waals surface area (Å²) in [6, 6.07) is 8.93. The average Bonchev–Trinajstić information content (AvgIpc) is 2.63. The molecule has 0 unspecified atom stereocenters. The van der Waals surface area contributed by atoms with E-state index < -0.39 is 0 Å². The van der Waals surface area contributed by atoms with E-state index in [1.54, 1.807) is 25.3 Å². The molecule has 5 nitrogen and oxygen atoms in total. The van der Waals surface area contributed by atoms with Gasteiger partial charge in [0.05, 0.1) is 19.9 Å². The van der Waals surface area contributed by atoms with Crippen LogP contribution in [0.25, 0.3) is 6.08 Å². The van der Waals surface area contributed by atoms with E-state index in [9.17, 15) is 4.79 Å². The predicted molar refractivity (Wildman–Crippen MR) is 105 cm³/mol. The van der Waals surface area contributed by atoms with Crippen LogP contribution in [-0.4, -0.2) is 26.7 Å². The number of benzene rings is 2. The van der Waals surface area contributed by atoms with Crippen molar-refractivity contribution in [2.45, 2.75) is 13.8 Å². The summed E-state index contributed by atoms with van der Waals surface area (Å²) in [5.41, 5.74) is 2.37. The number of allylic oxidation sites excluding steroid dienone is 1. The minimum absolute atomic E-state index is 0.163. The van der Waals surface area contributed by atoms with Gasteiger partial charge in [0, 0.05) is 11.1 Å². The molecule has 6 heteroatoms. The lowest BCUT2D eigenvalue weighted by Crippen LogP contribution is -2.20. The van der Waals surface area contributed by atoms with Crippen molar-refractivity contribution in [1.29, 1.82) is 0 Å². The Kier molecular flexibility index (Phi) is 6.92. The van der Waals surface area contributed by atoms with E-state index in [1.165, 1.54) is 7.11 Å². The van der Waals surface area contributed by atoms with E-state index in [-0.39, 0.29) is 12.5 Å². The maximum absolute atomic E-state index is 12.2. The van der Waals surface area contributed by atoms with E-state index in [4.69, 9.17) is 25.8 Å². The Bertz CT molecular complexity index is 818. The molecule has 0 aliphatic heterocycles. The first-order chi connectivity index (χ1) is 12.5. The molecule has 0 radical (unpaired) electrons. The fraction of sp³-hybridized carbons (Fsp3) is 0.250. The molecule has 0 aliphatic carbocycles. The number of nitrogens with one attached hydrogen (secondary N) is 1. The van der Waals surface area contributed by atoms with Gasteiger partial charge in [0.2, 0.25) is 0 Å². The van der Waals surface area contributed by atoms with Crippen LogP contribution < -0.4 is 19.5 Å². The molecule has 0 bridgehead atoms. The first-order valence-electron chi connectivity index (χ1n) is 8.06. The Morgan fingerprint density at radius 2 is 1.85 bits per heavy atom. The molecule has 138 valence electrons. The summed E-state index contributed by atoms with van der Waals surface area (Å²) < 4.78 is 16.2. The second-order valence-corrected chi connectivity index (χ2v) is 5.96. The van der Waals surface area contributed by atoms with Crippen molar-refractivity contribution in [2.75, 3.05) is 26.1 Å². The van der Waals surface area contributed by atoms with E-state index >= 15 is 0 Å². The molecule has 2 rings (SSSR count). The smallest absolute Gasteiger partial charge is 0.262 e. The molecule has 0 heterocycles. The predicted octanol–water partition coefficient (Wildman–Crippen LogP) is 4.72. The SMILES string of the molecule is C/C=C\c1ccc(OCC(=O)Nc2cc(C)c(Cl)cc2OC)c(OC)c1. The fourth-order valence-electron chi connectivity index (χ4n) is 2.36. The van der Waals surface area contributed by atoms with Crippen molar-refractivity contribution in [3.63, 3.8) is 0 Å². The first-order valence-corrected chi connectivity index (χ1v) is 8.43. The zero-order valence-electron chi connectivity index (χ0n) is 15.3. The lowest BCUT2D eigenvalue weighted by molar-refractivity contribution is -0.118. The van der Waals surface area contributed by atoms with Gasteiger partial charge in [-0.15, -0.1) is 0 Å². The van der Waals surface area contributed by atoms with E-state index in [1.807, 2.05) is 38.1 Å². The van der Waals surface area contributed by atoms with Crippen molar-refractivity contribution < 1.29 is 19.0 Å². The molecule has 26 heavy (non-hydrogen) atoms. The van der Waals surface area contributed by atoms with Crippen molar-refractivity contribution >= 4 is 29.3 Å². The average molecular weight is 376 g/mol. The Morgan fingerprint density at radius 1 is 1.12 bits per heavy atom. The molecule has 1 amide bonds. The number of hydrogen-bond acceptors (Lipinski definition) is 4. The molecule has 0 aliphatic rings. The number of amides is 1. The Morgan fingerprint density at radius 3 is 2.50 bits per heavy atom. The Hall–Kier alpha value is -2.66. The summed E-state index contributed by atoms with van der Waals surface area (Å²) in [5, 5.41) is 3.34. The highest BCUT2D eigenvalue weighted by Gasteiger charge is 2.12. The third-order valence-corrected chi connectivity index (χ3v) is 4.07. The van der Waals surface area contributed by atoms with Crippen LogP contribution in [0, 0.1) is 6.92 Å². The van der Waals surface area contributed by atoms with Gasteiger partial charge in [0.15, 0.2) is 18.1 Å². The molecule has 0 spiro atoms. The molecule has 0 fully saturated rings. The largest absolute Gasteiger partial charge is 0.495 e. The van der Waals surface area contributed by atoms with Crippen molar-refractivity contribution in [1.82, 2.24) is 0 Å². The summed E-state index contributed by atoms with van der Waals surface area (Å²) >= 11 is 6.07. The van der Waals surface area contributed by atoms with Crippen LogP contribution in [0.4, 0.5) is 5.69 Å². The van der Waals surface area contributed by atoms with Crippen molar-refractivity contribution in [3.8, 4) is 17.2 Å². The van der Waals surface area contributed by atoms with Crippen LogP contribution in [0.2, 0.25) is 5.02 Å². The van der Waals surface area contributed by atoms with Gasteiger partial charge in [-0.25, -0.2) is 0 Å². The molecule has 0 saturated heterocycles. The molecule has 1 N–H and O–H groups in total. The van der Waals surface area contributed by atoms with Gasteiger partial charge in [-0.1, -0.05) is 29.8 Å². The van der Waals surface area contributed by atoms with Crippen LogP contribution >= 0.6 is 11.6 Å². The van der Waals surface area contributed by atoms with E-state index in [0.717, 1.165) is 11.1 Å². The third-order valence-electron chi connectivity index (χ3n) is 3.66. The number of carbonyl (C=O) groups excluding carboxylic acids is 1. The summed E-state index contributed by atoms with van der Waals surface area (Å²) in [7, 11) is 3.08. The highest BCUT2D eigenvalue weighted by Crippen LogP contribution is 2.31. The maximum Gasteiger partial charge on any atom is 0.262 e. The van der Waals surface area contributed by atoms with Crippen molar-refractivity contribution in [3.05, 3.63) is 52.6 Å². The number of hydrogen-bond donors (Lipinski definition) is 1. The second-order valence-electron chi connectivity index (χ2n) is 5.55. The fourth-order valence-corrected chi connectivity index (χ4v) is 2.51. The van der Waals surface area contributed by atoms with E-state index in [2.05, 4.69) is 5.32 Å². The number of ether oxygens (including phenoxy) is 3. The second kappa shape index (κ2) is 9.15. The molecule has 2 aromatic rings. The van der Waals surface area contributed by atoms with Gasteiger partial charge in [0.25, 0.3) is 5.91 Å². The highest BCUT2D eigenvalue weighted by atomic mass is 35.5. The Labute approximate surface area is 158 Å². The first kappa shape index (κ1) is 19.7. The van der Waals surface area contributed by atoms with Gasteiger partial charge >= 0.3 is 0 Å². The zero-order valence-corrected chi connectivity index (χ0v) is 16.0. The lowest BCUT2D eigenvalue weighted by atomic mass is 10.2. The topological polar surface area (TPSA) is 56.8 Å². The standard InChI is InChI=1S/C20H22ClNO4/c1-5-6-14-7-8-17(19(10-14)25-4)26-12-20(23)22-16-9-13(2)15(21)11-18(16)24-3/h5-11H,12H2,1-4H3,(H,22,23)/b6-5-. The molecule has 0 saturated carbocycles. The quantitative estimate of drug-likeness (QED) is 0.761. The zero-order chi connectivity index (χ0) is 19.1. The number of aryl methyl sites for hydroxylation is 1. The number of anilines is 1. The maximum atomic E-state index is 12.2. The summed E-state index contributed by atoms with van der Waals surface area (Å²) in [6.07, 6.45) is 3.89. The van der Waals surface area contributed by atoms with Crippen LogP contribution in [0.3, 0.4) is 0 Å². The molecular weight excluding hydrogens is 354 g/mol. The van der Waals surface area contributed by atoms with Crippen LogP contribution in [0.1, 0.15) is 18.1 Å².